The number of carbonyl (C=O) groups excluding carboxylic acids is 2. The fraction of sp³-hybridized carbons (Fsp3) is 0.467. The summed E-state index contributed by atoms with van der Waals surface area (Å²) in [5, 5.41) is 5.61. The minimum atomic E-state index is -0.497. The molecule has 0 aliphatic rings. The van der Waals surface area contributed by atoms with Crippen molar-refractivity contribution in [2.45, 2.75) is 39.8 Å². The first kappa shape index (κ1) is 15.2. The zero-order valence-electron chi connectivity index (χ0n) is 11.9. The highest BCUT2D eigenvalue weighted by Crippen LogP contribution is 2.12. The van der Waals surface area contributed by atoms with Crippen LogP contribution in [0.1, 0.15) is 39.3 Å². The van der Waals surface area contributed by atoms with Gasteiger partial charge < -0.3 is 10.6 Å². The Balaban J connectivity index is 2.69. The Labute approximate surface area is 114 Å². The van der Waals surface area contributed by atoms with E-state index in [1.165, 1.54) is 6.92 Å². The maximum absolute atomic E-state index is 12.2. The molecule has 0 aromatic heterocycles. The van der Waals surface area contributed by atoms with E-state index in [9.17, 15) is 9.59 Å². The highest BCUT2D eigenvalue weighted by molar-refractivity contribution is 5.87. The SMILES string of the molecule is CC(=O)N[C@@H](C(=O)N[C@@H](C)c1ccccc1)C(C)C. The quantitative estimate of drug-likeness (QED) is 0.853. The predicted octanol–water partition coefficient (Wildman–Crippen LogP) is 2.02. The smallest absolute Gasteiger partial charge is 0.243 e. The van der Waals surface area contributed by atoms with Crippen LogP contribution in [0.5, 0.6) is 0 Å². The summed E-state index contributed by atoms with van der Waals surface area (Å²) < 4.78 is 0. The van der Waals surface area contributed by atoms with Gasteiger partial charge in [0, 0.05) is 6.92 Å². The minimum absolute atomic E-state index is 0.0480. The van der Waals surface area contributed by atoms with E-state index in [0.29, 0.717) is 0 Å². The number of amides is 2. The maximum atomic E-state index is 12.2. The summed E-state index contributed by atoms with van der Waals surface area (Å²) in [6.45, 7) is 7.17. The summed E-state index contributed by atoms with van der Waals surface area (Å²) >= 11 is 0. The Morgan fingerprint density at radius 2 is 1.58 bits per heavy atom. The molecule has 1 aromatic rings. The molecule has 0 aliphatic carbocycles. The second kappa shape index (κ2) is 6.92. The lowest BCUT2D eigenvalue weighted by Gasteiger charge is -2.23. The molecule has 19 heavy (non-hydrogen) atoms. The lowest BCUT2D eigenvalue weighted by molar-refractivity contribution is -0.129. The average molecular weight is 262 g/mol. The van der Waals surface area contributed by atoms with Crippen LogP contribution < -0.4 is 10.6 Å². The van der Waals surface area contributed by atoms with E-state index in [0.717, 1.165) is 5.56 Å². The average Bonchev–Trinajstić information content (AvgIpc) is 2.36. The van der Waals surface area contributed by atoms with Crippen LogP contribution in [0.3, 0.4) is 0 Å². The van der Waals surface area contributed by atoms with Gasteiger partial charge in [-0.3, -0.25) is 9.59 Å². The molecule has 0 spiro atoms. The van der Waals surface area contributed by atoms with Gasteiger partial charge in [0.25, 0.3) is 0 Å². The Kier molecular flexibility index (Phi) is 5.55. The zero-order chi connectivity index (χ0) is 14.4. The minimum Gasteiger partial charge on any atom is -0.348 e. The van der Waals surface area contributed by atoms with Crippen molar-refractivity contribution < 1.29 is 9.59 Å². The van der Waals surface area contributed by atoms with Crippen molar-refractivity contribution in [1.82, 2.24) is 10.6 Å². The van der Waals surface area contributed by atoms with Crippen LogP contribution in [0, 0.1) is 5.92 Å². The topological polar surface area (TPSA) is 58.2 Å². The van der Waals surface area contributed by atoms with Gasteiger partial charge in [-0.2, -0.15) is 0 Å². The maximum Gasteiger partial charge on any atom is 0.243 e. The van der Waals surface area contributed by atoms with Gasteiger partial charge in [0.1, 0.15) is 6.04 Å². The third-order valence-corrected chi connectivity index (χ3v) is 2.97. The van der Waals surface area contributed by atoms with Crippen molar-refractivity contribution >= 4 is 11.8 Å². The molecule has 0 unspecified atom stereocenters. The van der Waals surface area contributed by atoms with Gasteiger partial charge in [-0.05, 0) is 18.4 Å². The fourth-order valence-corrected chi connectivity index (χ4v) is 1.88. The molecule has 2 N–H and O–H groups in total. The molecule has 0 saturated carbocycles. The lowest BCUT2D eigenvalue weighted by atomic mass is 10.0. The van der Waals surface area contributed by atoms with E-state index in [1.807, 2.05) is 51.1 Å². The molecule has 4 nitrogen and oxygen atoms in total. The van der Waals surface area contributed by atoms with Gasteiger partial charge in [0.05, 0.1) is 6.04 Å². The number of benzene rings is 1. The van der Waals surface area contributed by atoms with Gasteiger partial charge in [-0.15, -0.1) is 0 Å². The monoisotopic (exact) mass is 262 g/mol. The van der Waals surface area contributed by atoms with Crippen molar-refractivity contribution in [2.75, 3.05) is 0 Å². The molecule has 4 heteroatoms. The molecule has 0 aliphatic heterocycles. The highest BCUT2D eigenvalue weighted by atomic mass is 16.2. The highest BCUT2D eigenvalue weighted by Gasteiger charge is 2.24. The summed E-state index contributed by atoms with van der Waals surface area (Å²) in [6.07, 6.45) is 0. The third kappa shape index (κ3) is 4.73. The van der Waals surface area contributed by atoms with Crippen molar-refractivity contribution in [2.24, 2.45) is 5.92 Å². The molecule has 0 radical (unpaired) electrons. The number of nitrogens with one attached hydrogen (secondary N) is 2. The molecule has 2 atom stereocenters. The van der Waals surface area contributed by atoms with Crippen LogP contribution >= 0.6 is 0 Å². The number of hydrogen-bond acceptors (Lipinski definition) is 2. The van der Waals surface area contributed by atoms with Gasteiger partial charge in [0.2, 0.25) is 11.8 Å². The molecule has 0 saturated heterocycles. The van der Waals surface area contributed by atoms with E-state index < -0.39 is 6.04 Å². The van der Waals surface area contributed by atoms with Gasteiger partial charge in [0.15, 0.2) is 0 Å². The summed E-state index contributed by atoms with van der Waals surface area (Å²) in [5.74, 6) is -0.297. The molecular weight excluding hydrogens is 240 g/mol. The first-order chi connectivity index (χ1) is 8.91. The van der Waals surface area contributed by atoms with Crippen LogP contribution in [0.4, 0.5) is 0 Å². The van der Waals surface area contributed by atoms with E-state index in [-0.39, 0.29) is 23.8 Å². The van der Waals surface area contributed by atoms with Crippen molar-refractivity contribution in [3.63, 3.8) is 0 Å². The van der Waals surface area contributed by atoms with Crippen molar-refractivity contribution in [3.8, 4) is 0 Å². The first-order valence-electron chi connectivity index (χ1n) is 6.54. The first-order valence-corrected chi connectivity index (χ1v) is 6.54. The van der Waals surface area contributed by atoms with Gasteiger partial charge in [-0.1, -0.05) is 44.2 Å². The Morgan fingerprint density at radius 1 is 1.00 bits per heavy atom. The summed E-state index contributed by atoms with van der Waals surface area (Å²) in [7, 11) is 0. The predicted molar refractivity (Wildman–Crippen MR) is 75.4 cm³/mol. The number of rotatable bonds is 5. The largest absolute Gasteiger partial charge is 0.348 e. The lowest BCUT2D eigenvalue weighted by Crippen LogP contribution is -2.49. The second-order valence-corrected chi connectivity index (χ2v) is 5.06. The molecule has 0 bridgehead atoms. The van der Waals surface area contributed by atoms with E-state index in [4.69, 9.17) is 0 Å². The van der Waals surface area contributed by atoms with Crippen molar-refractivity contribution in [3.05, 3.63) is 35.9 Å². The van der Waals surface area contributed by atoms with Gasteiger partial charge >= 0.3 is 0 Å². The fourth-order valence-electron chi connectivity index (χ4n) is 1.88. The third-order valence-electron chi connectivity index (χ3n) is 2.97. The molecular formula is C15H22N2O2. The molecule has 0 fully saturated rings. The summed E-state index contributed by atoms with van der Waals surface area (Å²) in [6, 6.07) is 9.16. The zero-order valence-corrected chi connectivity index (χ0v) is 11.9. The van der Waals surface area contributed by atoms with E-state index >= 15 is 0 Å². The molecule has 1 rings (SSSR count). The normalized spacial score (nSPS) is 13.7. The molecule has 104 valence electrons. The Hall–Kier alpha value is -1.84. The van der Waals surface area contributed by atoms with Crippen molar-refractivity contribution in [1.29, 1.82) is 0 Å². The number of carbonyl (C=O) groups is 2. The molecule has 0 heterocycles. The summed E-state index contributed by atoms with van der Waals surface area (Å²) in [5.41, 5.74) is 1.04. The van der Waals surface area contributed by atoms with Crippen LogP contribution in [0.2, 0.25) is 0 Å². The Morgan fingerprint density at radius 3 is 2.05 bits per heavy atom. The second-order valence-electron chi connectivity index (χ2n) is 5.06. The molecule has 2 amide bonds. The Bertz CT molecular complexity index is 429. The standard InChI is InChI=1S/C15H22N2O2/c1-10(2)14(17-12(4)18)15(19)16-11(3)13-8-6-5-7-9-13/h5-11,14H,1-4H3,(H,16,19)(H,17,18)/t11-,14+/m0/s1. The van der Waals surface area contributed by atoms with Crippen LogP contribution in [-0.4, -0.2) is 17.9 Å². The van der Waals surface area contributed by atoms with Crippen LogP contribution in [-0.2, 0) is 9.59 Å². The van der Waals surface area contributed by atoms with Crippen LogP contribution in [0.25, 0.3) is 0 Å². The summed E-state index contributed by atoms with van der Waals surface area (Å²) in [4.78, 5) is 23.3. The van der Waals surface area contributed by atoms with E-state index in [1.54, 1.807) is 0 Å². The number of hydrogen-bond donors (Lipinski definition) is 2. The van der Waals surface area contributed by atoms with Crippen LogP contribution in [0.15, 0.2) is 30.3 Å². The van der Waals surface area contributed by atoms with E-state index in [2.05, 4.69) is 10.6 Å². The van der Waals surface area contributed by atoms with Gasteiger partial charge in [-0.25, -0.2) is 0 Å². The molecule has 1 aromatic carbocycles.